The number of benzene rings is 2. The topological polar surface area (TPSA) is 92.6 Å². The van der Waals surface area contributed by atoms with Gasteiger partial charge in [0.2, 0.25) is 0 Å². The number of carbonyl (C=O) groups excluding carboxylic acids is 2. The third-order valence-electron chi connectivity index (χ3n) is 7.86. The van der Waals surface area contributed by atoms with Crippen LogP contribution in [0.1, 0.15) is 56.2 Å². The molecule has 0 atom stereocenters. The second kappa shape index (κ2) is 11.7. The highest BCUT2D eigenvalue weighted by Gasteiger charge is 2.25. The summed E-state index contributed by atoms with van der Waals surface area (Å²) in [5, 5.41) is 12.0. The van der Waals surface area contributed by atoms with Gasteiger partial charge in [-0.3, -0.25) is 9.59 Å². The van der Waals surface area contributed by atoms with Crippen LogP contribution in [0.2, 0.25) is 0 Å². The quantitative estimate of drug-likeness (QED) is 0.538. The minimum atomic E-state index is -0.247. The second-order valence-electron chi connectivity index (χ2n) is 10.5. The number of anilines is 2. The molecule has 0 spiro atoms. The van der Waals surface area contributed by atoms with Crippen molar-refractivity contribution in [1.82, 2.24) is 14.8 Å². The van der Waals surface area contributed by atoms with Crippen LogP contribution in [0, 0.1) is 18.3 Å². The van der Waals surface area contributed by atoms with E-state index in [1.165, 1.54) is 5.56 Å². The molecule has 1 N–H and O–H groups in total. The summed E-state index contributed by atoms with van der Waals surface area (Å²) in [5.74, 6) is 0.989. The van der Waals surface area contributed by atoms with Gasteiger partial charge in [0, 0.05) is 56.7 Å². The summed E-state index contributed by atoms with van der Waals surface area (Å²) in [4.78, 5) is 37.3. The van der Waals surface area contributed by atoms with Gasteiger partial charge in [-0.2, -0.15) is 5.26 Å². The van der Waals surface area contributed by atoms with E-state index in [4.69, 9.17) is 5.26 Å². The first-order chi connectivity index (χ1) is 18.9. The van der Waals surface area contributed by atoms with Crippen molar-refractivity contribution in [3.05, 3.63) is 88.6 Å². The molecule has 0 saturated carbocycles. The largest absolute Gasteiger partial charge is 0.354 e. The first-order valence-electron chi connectivity index (χ1n) is 13.5. The Morgan fingerprint density at radius 1 is 0.923 bits per heavy atom. The molecular formula is C31H34N6O2. The van der Waals surface area contributed by atoms with E-state index in [1.54, 1.807) is 18.3 Å². The molecule has 2 aromatic carbocycles. The van der Waals surface area contributed by atoms with Crippen molar-refractivity contribution in [2.45, 2.75) is 25.7 Å². The Labute approximate surface area is 229 Å². The molecular weight excluding hydrogens is 488 g/mol. The smallest absolute Gasteiger partial charge is 0.257 e. The van der Waals surface area contributed by atoms with E-state index in [9.17, 15) is 9.59 Å². The number of aromatic nitrogens is 1. The number of carbonyl (C=O) groups is 2. The van der Waals surface area contributed by atoms with Gasteiger partial charge in [0.25, 0.3) is 11.8 Å². The Balaban J connectivity index is 1.20. The molecule has 2 aliphatic heterocycles. The number of piperazine rings is 1. The maximum Gasteiger partial charge on any atom is 0.257 e. The molecule has 3 aromatic rings. The highest BCUT2D eigenvalue weighted by molar-refractivity contribution is 6.05. The Kier molecular flexibility index (Phi) is 7.89. The fraction of sp³-hybridized carbons (Fsp3) is 0.355. The lowest BCUT2D eigenvalue weighted by atomic mass is 9.89. The number of pyridine rings is 1. The van der Waals surface area contributed by atoms with Gasteiger partial charge in [-0.15, -0.1) is 0 Å². The van der Waals surface area contributed by atoms with Crippen molar-refractivity contribution >= 4 is 23.3 Å². The summed E-state index contributed by atoms with van der Waals surface area (Å²) in [6.45, 7) is 7.08. The lowest BCUT2D eigenvalue weighted by Gasteiger charge is -2.33. The molecule has 2 fully saturated rings. The molecule has 2 amide bonds. The first-order valence-corrected chi connectivity index (χ1v) is 13.5. The van der Waals surface area contributed by atoms with Crippen LogP contribution in [-0.4, -0.2) is 72.9 Å². The van der Waals surface area contributed by atoms with Crippen LogP contribution in [0.15, 0.2) is 60.8 Å². The number of likely N-dealkylation sites (N-methyl/N-ethyl adjacent to an activating group) is 1. The zero-order valence-corrected chi connectivity index (χ0v) is 22.6. The summed E-state index contributed by atoms with van der Waals surface area (Å²) in [6, 6.07) is 19.1. The molecule has 3 heterocycles. The molecule has 39 heavy (non-hydrogen) atoms. The van der Waals surface area contributed by atoms with Crippen LogP contribution in [-0.2, 0) is 0 Å². The monoisotopic (exact) mass is 522 g/mol. The van der Waals surface area contributed by atoms with E-state index in [0.717, 1.165) is 50.4 Å². The predicted octanol–water partition coefficient (Wildman–Crippen LogP) is 4.29. The van der Waals surface area contributed by atoms with Crippen molar-refractivity contribution in [2.75, 3.05) is 56.5 Å². The summed E-state index contributed by atoms with van der Waals surface area (Å²) in [7, 11) is 2.11. The van der Waals surface area contributed by atoms with E-state index in [0.29, 0.717) is 41.4 Å². The zero-order chi connectivity index (χ0) is 27.4. The van der Waals surface area contributed by atoms with Gasteiger partial charge >= 0.3 is 0 Å². The van der Waals surface area contributed by atoms with Gasteiger partial charge in [-0.05, 0) is 80.3 Å². The van der Waals surface area contributed by atoms with Crippen molar-refractivity contribution in [3.8, 4) is 6.07 Å². The molecule has 8 nitrogen and oxygen atoms in total. The number of nitriles is 1. The third-order valence-corrected chi connectivity index (χ3v) is 7.86. The molecule has 2 aliphatic rings. The lowest BCUT2D eigenvalue weighted by Crippen LogP contribution is -2.44. The van der Waals surface area contributed by atoms with E-state index in [2.05, 4.69) is 33.2 Å². The number of aryl methyl sites for hydroxylation is 1. The molecule has 0 radical (unpaired) electrons. The maximum absolute atomic E-state index is 13.3. The average molecular weight is 523 g/mol. The van der Waals surface area contributed by atoms with Gasteiger partial charge in [-0.1, -0.05) is 18.2 Å². The number of hydrogen-bond acceptors (Lipinski definition) is 6. The van der Waals surface area contributed by atoms with Crippen molar-refractivity contribution in [1.29, 1.82) is 5.26 Å². The molecule has 1 aromatic heterocycles. The average Bonchev–Trinajstić information content (AvgIpc) is 2.98. The fourth-order valence-electron chi connectivity index (χ4n) is 5.26. The number of likely N-dealkylation sites (tertiary alicyclic amines) is 1. The normalized spacial score (nSPS) is 16.5. The number of nitrogens with one attached hydrogen (secondary N) is 1. The molecule has 0 unspecified atom stereocenters. The van der Waals surface area contributed by atoms with Crippen molar-refractivity contribution in [2.24, 2.45) is 0 Å². The van der Waals surface area contributed by atoms with Crippen LogP contribution in [0.5, 0.6) is 0 Å². The third kappa shape index (κ3) is 6.10. The molecule has 0 aliphatic carbocycles. The number of hydrogen-bond donors (Lipinski definition) is 1. The van der Waals surface area contributed by atoms with E-state index < -0.39 is 0 Å². The number of amides is 2. The van der Waals surface area contributed by atoms with Gasteiger partial charge in [-0.25, -0.2) is 4.98 Å². The number of rotatable bonds is 5. The minimum absolute atomic E-state index is 0.0260. The first kappa shape index (κ1) is 26.4. The molecule has 2 saturated heterocycles. The van der Waals surface area contributed by atoms with E-state index in [1.807, 2.05) is 54.3 Å². The van der Waals surface area contributed by atoms with Crippen LogP contribution in [0.25, 0.3) is 0 Å². The number of piperidine rings is 1. The maximum atomic E-state index is 13.3. The second-order valence-corrected chi connectivity index (χ2v) is 10.5. The number of nitrogens with zero attached hydrogens (tertiary/aromatic N) is 5. The molecule has 8 heteroatoms. The highest BCUT2D eigenvalue weighted by atomic mass is 16.2. The summed E-state index contributed by atoms with van der Waals surface area (Å²) >= 11 is 0. The van der Waals surface area contributed by atoms with Crippen molar-refractivity contribution < 1.29 is 9.59 Å². The van der Waals surface area contributed by atoms with Crippen LogP contribution >= 0.6 is 0 Å². The Hall–Kier alpha value is -4.22. The van der Waals surface area contributed by atoms with Crippen LogP contribution in [0.4, 0.5) is 11.5 Å². The summed E-state index contributed by atoms with van der Waals surface area (Å²) in [6.07, 6.45) is 3.37. The van der Waals surface area contributed by atoms with Crippen LogP contribution < -0.4 is 10.2 Å². The molecule has 0 bridgehead atoms. The van der Waals surface area contributed by atoms with Gasteiger partial charge in [0.15, 0.2) is 0 Å². The van der Waals surface area contributed by atoms with Gasteiger partial charge in [0.05, 0.1) is 17.2 Å². The van der Waals surface area contributed by atoms with Crippen LogP contribution in [0.3, 0.4) is 0 Å². The SMILES string of the molecule is Cc1ccc(C(=O)N2CCC(c3ccc(C#N)cc3)CC2)cc1NC(=O)c1ccc(N2CCN(C)CC2)nc1. The Morgan fingerprint density at radius 2 is 1.62 bits per heavy atom. The summed E-state index contributed by atoms with van der Waals surface area (Å²) in [5.41, 5.74) is 4.44. The van der Waals surface area contributed by atoms with E-state index in [-0.39, 0.29) is 11.8 Å². The standard InChI is InChI=1S/C31H34N6O2/c1-22-3-6-26(31(39)37-13-11-25(12-14-37)24-7-4-23(20-32)5-8-24)19-28(22)34-30(38)27-9-10-29(33-21-27)36-17-15-35(2)16-18-36/h3-10,19,21,25H,11-18H2,1-2H3,(H,34,38). The molecule has 200 valence electrons. The Bertz CT molecular complexity index is 1360. The molecule has 5 rings (SSSR count). The zero-order valence-electron chi connectivity index (χ0n) is 22.6. The van der Waals surface area contributed by atoms with E-state index >= 15 is 0 Å². The lowest BCUT2D eigenvalue weighted by molar-refractivity contribution is 0.0712. The summed E-state index contributed by atoms with van der Waals surface area (Å²) < 4.78 is 0. The van der Waals surface area contributed by atoms with Crippen molar-refractivity contribution in [3.63, 3.8) is 0 Å². The predicted molar refractivity (Wildman–Crippen MR) is 152 cm³/mol. The fourth-order valence-corrected chi connectivity index (χ4v) is 5.26. The highest BCUT2D eigenvalue weighted by Crippen LogP contribution is 2.29. The van der Waals surface area contributed by atoms with Gasteiger partial charge in [0.1, 0.15) is 5.82 Å². The minimum Gasteiger partial charge on any atom is -0.354 e. The van der Waals surface area contributed by atoms with Gasteiger partial charge < -0.3 is 20.0 Å². The Morgan fingerprint density at radius 3 is 2.26 bits per heavy atom.